The first-order chi connectivity index (χ1) is 17.2. The number of hydrogen-bond acceptors (Lipinski definition) is 4. The maximum absolute atomic E-state index is 14.1. The number of ether oxygens (including phenoxy) is 2. The number of pyridine rings is 1. The van der Waals surface area contributed by atoms with Gasteiger partial charge in [0.2, 0.25) is 0 Å². The largest absolute Gasteiger partial charge is 0.488 e. The Balaban J connectivity index is 1.76. The van der Waals surface area contributed by atoms with Gasteiger partial charge in [-0.25, -0.2) is 9.18 Å². The molecule has 0 saturated carbocycles. The number of nitrogens with zero attached hydrogens (tertiary/aromatic N) is 1. The van der Waals surface area contributed by atoms with Crippen LogP contribution >= 0.6 is 0 Å². The number of esters is 1. The number of carbonyl (C=O) groups is 1. The molecule has 0 amide bonds. The van der Waals surface area contributed by atoms with Gasteiger partial charge in [-0.3, -0.25) is 4.98 Å². The zero-order valence-electron chi connectivity index (χ0n) is 19.9. The lowest BCUT2D eigenvalue weighted by Crippen LogP contribution is -2.17. The third-order valence-electron chi connectivity index (χ3n) is 6.02. The number of allylic oxidation sites excluding steroid dienone is 2. The van der Waals surface area contributed by atoms with E-state index < -0.39 is 23.4 Å². The van der Waals surface area contributed by atoms with E-state index in [9.17, 15) is 22.4 Å². The fourth-order valence-corrected chi connectivity index (χ4v) is 4.36. The highest BCUT2D eigenvalue weighted by molar-refractivity contribution is 5.97. The second-order valence-electron chi connectivity index (χ2n) is 8.53. The maximum atomic E-state index is 14.1. The molecule has 2 aromatic carbocycles. The average molecular weight is 500 g/mol. The lowest BCUT2D eigenvalue weighted by molar-refractivity contribution is -0.141. The van der Waals surface area contributed by atoms with Crippen LogP contribution in [0.2, 0.25) is 0 Å². The zero-order valence-corrected chi connectivity index (χ0v) is 19.9. The molecule has 4 rings (SSSR count). The van der Waals surface area contributed by atoms with Gasteiger partial charge < -0.3 is 9.47 Å². The van der Waals surface area contributed by atoms with Crippen molar-refractivity contribution in [2.24, 2.45) is 0 Å². The van der Waals surface area contributed by atoms with Gasteiger partial charge in [-0.05, 0) is 74.1 Å². The Morgan fingerprint density at radius 1 is 1.06 bits per heavy atom. The number of hydrogen-bond donors (Lipinski definition) is 0. The van der Waals surface area contributed by atoms with Gasteiger partial charge in [-0.15, -0.1) is 0 Å². The first-order valence-corrected chi connectivity index (χ1v) is 11.6. The molecule has 0 bridgehead atoms. The number of rotatable bonds is 7. The van der Waals surface area contributed by atoms with Crippen molar-refractivity contribution in [1.29, 1.82) is 0 Å². The minimum absolute atomic E-state index is 0.0280. The molecule has 4 nitrogen and oxygen atoms in total. The summed E-state index contributed by atoms with van der Waals surface area (Å²) < 4.78 is 65.5. The van der Waals surface area contributed by atoms with Crippen LogP contribution in [0.1, 0.15) is 64.5 Å². The minimum atomic E-state index is -4.79. The Labute approximate surface area is 206 Å². The van der Waals surface area contributed by atoms with E-state index in [2.05, 4.69) is 4.98 Å². The third-order valence-corrected chi connectivity index (χ3v) is 6.02. The number of carbonyl (C=O) groups excluding carboxylic acids is 1. The second-order valence-corrected chi connectivity index (χ2v) is 8.53. The molecule has 0 aliphatic heterocycles. The summed E-state index contributed by atoms with van der Waals surface area (Å²) in [6, 6.07) is 13.2. The Bertz CT molecular complexity index is 1310. The highest BCUT2D eigenvalue weighted by Crippen LogP contribution is 2.44. The highest BCUT2D eigenvalue weighted by Gasteiger charge is 2.38. The number of aryl methyl sites for hydroxylation is 1. The summed E-state index contributed by atoms with van der Waals surface area (Å²) in [6.07, 6.45) is -1.59. The van der Waals surface area contributed by atoms with Crippen molar-refractivity contribution in [3.63, 3.8) is 0 Å². The normalized spacial score (nSPS) is 13.7. The maximum Gasteiger partial charge on any atom is 0.434 e. The molecule has 36 heavy (non-hydrogen) atoms. The molecule has 1 heterocycles. The summed E-state index contributed by atoms with van der Waals surface area (Å²) in [5.41, 5.74) is 2.42. The second kappa shape index (κ2) is 10.5. The van der Waals surface area contributed by atoms with Crippen LogP contribution in [-0.2, 0) is 17.5 Å². The molecular formula is C28H25F4NO3. The standard InChI is InChI=1S/C28H25F4NO3/c1-3-35-27(34)23-14-19(15-33-26(23)28(30,31)32)20-8-6-9-21(20)22-13-17(2)11-12-25(22)36-16-18-7-4-5-10-24(18)29/h4-5,7,10-15H,3,6,8-9,16H2,1-2H3. The molecule has 0 spiro atoms. The van der Waals surface area contributed by atoms with E-state index in [1.165, 1.54) is 19.1 Å². The summed E-state index contributed by atoms with van der Waals surface area (Å²) in [5.74, 6) is -0.887. The van der Waals surface area contributed by atoms with Crippen LogP contribution < -0.4 is 4.74 Å². The quantitative estimate of drug-likeness (QED) is 0.251. The van der Waals surface area contributed by atoms with Crippen LogP contribution in [-0.4, -0.2) is 17.6 Å². The average Bonchev–Trinajstić information content (AvgIpc) is 3.33. The monoisotopic (exact) mass is 499 g/mol. The number of halogens is 4. The third kappa shape index (κ3) is 5.42. The van der Waals surface area contributed by atoms with Crippen molar-refractivity contribution in [2.75, 3.05) is 6.61 Å². The van der Waals surface area contributed by atoms with E-state index in [1.54, 1.807) is 18.2 Å². The van der Waals surface area contributed by atoms with E-state index >= 15 is 0 Å². The van der Waals surface area contributed by atoms with Crippen LogP contribution in [0.15, 0.2) is 54.7 Å². The van der Waals surface area contributed by atoms with Crippen LogP contribution in [0.5, 0.6) is 5.75 Å². The fraction of sp³-hybridized carbons (Fsp3) is 0.286. The summed E-state index contributed by atoms with van der Waals surface area (Å²) in [6.45, 7) is 3.43. The molecule has 8 heteroatoms. The fourth-order valence-electron chi connectivity index (χ4n) is 4.36. The predicted octanol–water partition coefficient (Wildman–Crippen LogP) is 7.40. The molecule has 1 aliphatic carbocycles. The van der Waals surface area contributed by atoms with Gasteiger partial charge in [0.25, 0.3) is 0 Å². The molecule has 188 valence electrons. The van der Waals surface area contributed by atoms with Gasteiger partial charge in [0.05, 0.1) is 12.2 Å². The molecule has 3 aromatic rings. The molecule has 0 fully saturated rings. The van der Waals surface area contributed by atoms with Gasteiger partial charge in [0.15, 0.2) is 5.69 Å². The van der Waals surface area contributed by atoms with Crippen LogP contribution in [0, 0.1) is 12.7 Å². The molecular weight excluding hydrogens is 474 g/mol. The molecule has 1 aliphatic rings. The van der Waals surface area contributed by atoms with Crippen molar-refractivity contribution in [3.05, 3.63) is 94.1 Å². The smallest absolute Gasteiger partial charge is 0.434 e. The van der Waals surface area contributed by atoms with E-state index in [0.717, 1.165) is 34.9 Å². The summed E-state index contributed by atoms with van der Waals surface area (Å²) in [5, 5.41) is 0. The number of aromatic nitrogens is 1. The molecule has 0 N–H and O–H groups in total. The Kier molecular flexibility index (Phi) is 7.43. The van der Waals surface area contributed by atoms with E-state index in [0.29, 0.717) is 29.7 Å². The van der Waals surface area contributed by atoms with Crippen molar-refractivity contribution < 1.29 is 31.8 Å². The van der Waals surface area contributed by atoms with Crippen molar-refractivity contribution in [3.8, 4) is 5.75 Å². The van der Waals surface area contributed by atoms with Crippen molar-refractivity contribution >= 4 is 17.1 Å². The van der Waals surface area contributed by atoms with E-state index in [4.69, 9.17) is 9.47 Å². The van der Waals surface area contributed by atoms with Crippen LogP contribution in [0.3, 0.4) is 0 Å². The molecule has 0 unspecified atom stereocenters. The van der Waals surface area contributed by atoms with Gasteiger partial charge in [-0.1, -0.05) is 29.8 Å². The highest BCUT2D eigenvalue weighted by atomic mass is 19.4. The summed E-state index contributed by atoms with van der Waals surface area (Å²) in [4.78, 5) is 16.0. The molecule has 0 saturated heterocycles. The SMILES string of the molecule is CCOC(=O)c1cc(C2=C(c3cc(C)ccc3OCc3ccccc3F)CCC2)cnc1C(F)(F)F. The first-order valence-electron chi connectivity index (χ1n) is 11.6. The van der Waals surface area contributed by atoms with Gasteiger partial charge in [0.1, 0.15) is 18.2 Å². The number of alkyl halides is 3. The Morgan fingerprint density at radius 2 is 1.81 bits per heavy atom. The molecule has 0 radical (unpaired) electrons. The van der Waals surface area contributed by atoms with Gasteiger partial charge in [-0.2, -0.15) is 13.2 Å². The zero-order chi connectivity index (χ0) is 25.9. The topological polar surface area (TPSA) is 48.4 Å². The van der Waals surface area contributed by atoms with E-state index in [-0.39, 0.29) is 19.0 Å². The Morgan fingerprint density at radius 3 is 2.53 bits per heavy atom. The van der Waals surface area contributed by atoms with Gasteiger partial charge >= 0.3 is 12.1 Å². The van der Waals surface area contributed by atoms with Crippen LogP contribution in [0.25, 0.3) is 11.1 Å². The summed E-state index contributed by atoms with van der Waals surface area (Å²) >= 11 is 0. The lowest BCUT2D eigenvalue weighted by atomic mass is 9.95. The number of benzene rings is 2. The summed E-state index contributed by atoms with van der Waals surface area (Å²) in [7, 11) is 0. The molecule has 1 aromatic heterocycles. The minimum Gasteiger partial charge on any atom is -0.488 e. The van der Waals surface area contributed by atoms with Crippen molar-refractivity contribution in [1.82, 2.24) is 4.98 Å². The van der Waals surface area contributed by atoms with Crippen LogP contribution in [0.4, 0.5) is 17.6 Å². The lowest BCUT2D eigenvalue weighted by Gasteiger charge is -2.17. The Hall–Kier alpha value is -3.68. The van der Waals surface area contributed by atoms with Crippen molar-refractivity contribution in [2.45, 2.75) is 45.9 Å². The van der Waals surface area contributed by atoms with E-state index in [1.807, 2.05) is 25.1 Å². The first kappa shape index (κ1) is 25.4. The predicted molar refractivity (Wildman–Crippen MR) is 128 cm³/mol. The van der Waals surface area contributed by atoms with Gasteiger partial charge in [0, 0.05) is 17.3 Å². The molecule has 0 atom stereocenters.